The van der Waals surface area contributed by atoms with Crippen LogP contribution in [-0.2, 0) is 57.2 Å². The van der Waals surface area contributed by atoms with Crippen LogP contribution in [0.15, 0.2) is 97.2 Å². The molecule has 0 aromatic carbocycles. The maximum absolute atomic E-state index is 13.2. The number of esters is 6. The minimum atomic E-state index is -0.267. The average Bonchev–Trinajstić information content (AvgIpc) is 0.844. The first kappa shape index (κ1) is 111. The van der Waals surface area contributed by atoms with Gasteiger partial charge in [-0.15, -0.1) is 0 Å². The lowest BCUT2D eigenvalue weighted by atomic mass is 10.1. The summed E-state index contributed by atoms with van der Waals surface area (Å²) in [5, 5.41) is 0. The summed E-state index contributed by atoms with van der Waals surface area (Å²) in [5.74, 6) is -1.50. The molecule has 2 unspecified atom stereocenters. The number of hydrogen-bond acceptors (Lipinski definition) is 16. The zero-order chi connectivity index (χ0) is 85.4. The fraction of sp³-hybridized carbons (Fsp3) is 0.784. The van der Waals surface area contributed by atoms with Gasteiger partial charge in [-0.3, -0.25) is 38.6 Å². The predicted molar refractivity (Wildman–Crippen MR) is 495 cm³/mol. The first-order valence-electron chi connectivity index (χ1n) is 49.0. The largest absolute Gasteiger partial charge is 0.466 e. The van der Waals surface area contributed by atoms with Gasteiger partial charge < -0.3 is 38.2 Å². The maximum Gasteiger partial charge on any atom is 0.307 e. The van der Waals surface area contributed by atoms with Crippen LogP contribution in [-0.4, -0.2) is 173 Å². The number of unbranched alkanes of at least 4 members (excludes halogenated alkanes) is 36. The van der Waals surface area contributed by atoms with E-state index in [1.165, 1.54) is 180 Å². The molecule has 0 aromatic heterocycles. The van der Waals surface area contributed by atoms with Gasteiger partial charge >= 0.3 is 35.8 Å². The molecule has 0 N–H and O–H groups in total. The normalized spacial score (nSPS) is 14.5. The van der Waals surface area contributed by atoms with Crippen molar-refractivity contribution < 1.29 is 57.2 Å². The first-order chi connectivity index (χ1) is 57.9. The topological polar surface area (TPSA) is 171 Å². The Morgan fingerprint density at radius 3 is 0.661 bits per heavy atom. The molecule has 16 nitrogen and oxygen atoms in total. The van der Waals surface area contributed by atoms with E-state index in [0.717, 1.165) is 142 Å². The van der Waals surface area contributed by atoms with Crippen LogP contribution in [0.2, 0.25) is 0 Å². The minimum Gasteiger partial charge on any atom is -0.466 e. The molecule has 1 rings (SSSR count). The van der Waals surface area contributed by atoms with Gasteiger partial charge in [-0.2, -0.15) is 0 Å². The number of carbonyl (C=O) groups is 6. The second kappa shape index (κ2) is 87.9. The van der Waals surface area contributed by atoms with Crippen molar-refractivity contribution in [3.63, 3.8) is 0 Å². The summed E-state index contributed by atoms with van der Waals surface area (Å²) in [6.45, 7) is 21.1. The van der Waals surface area contributed by atoms with E-state index in [1.807, 2.05) is 0 Å². The number of rotatable bonds is 86. The summed E-state index contributed by atoms with van der Waals surface area (Å²) in [6.07, 6.45) is 94.4. The third-order valence-electron chi connectivity index (χ3n) is 22.2. The SMILES string of the molecule is CCCCC/C=C\C/C=C\CCCCCCCCOC(=O)CCN(CCCC(=O)OCCN1CC(C)N(CCOC(=O)CCCN(CCC(=O)OCCCCCCCC/C=C\C/C=C\CCCCC)CCC(=O)OCCCCCCCC/C=C\C/C=C\CCCCC)CC1C)CCC(=O)OCCCCCCCC/C=C\C/C=C\CCCCC. The minimum absolute atomic E-state index is 0.194. The molecular weight excluding hydrogens is 1470 g/mol. The summed E-state index contributed by atoms with van der Waals surface area (Å²) in [4.78, 5) is 87.1. The van der Waals surface area contributed by atoms with Gasteiger partial charge in [-0.05, 0) is 194 Å². The summed E-state index contributed by atoms with van der Waals surface area (Å²) in [7, 11) is 0. The molecule has 16 heteroatoms. The lowest BCUT2D eigenvalue weighted by Gasteiger charge is -2.44. The predicted octanol–water partition coefficient (Wildman–Crippen LogP) is 25.6. The Labute approximate surface area is 724 Å². The second-order valence-electron chi connectivity index (χ2n) is 33.2. The van der Waals surface area contributed by atoms with Crippen LogP contribution < -0.4 is 0 Å². The molecule has 1 saturated heterocycles. The molecule has 118 heavy (non-hydrogen) atoms. The Morgan fingerprint density at radius 1 is 0.237 bits per heavy atom. The first-order valence-corrected chi connectivity index (χ1v) is 49.0. The second-order valence-corrected chi connectivity index (χ2v) is 33.2. The lowest BCUT2D eigenvalue weighted by Crippen LogP contribution is -2.57. The van der Waals surface area contributed by atoms with Gasteiger partial charge in [0.1, 0.15) is 13.2 Å². The van der Waals surface area contributed by atoms with E-state index >= 15 is 0 Å². The Kier molecular flexibility index (Phi) is 82.4. The van der Waals surface area contributed by atoms with Gasteiger partial charge in [-0.25, -0.2) is 0 Å². The molecule has 0 aliphatic carbocycles. The van der Waals surface area contributed by atoms with Crippen molar-refractivity contribution in [2.24, 2.45) is 0 Å². The fourth-order valence-electron chi connectivity index (χ4n) is 14.5. The maximum atomic E-state index is 13.2. The molecule has 0 radical (unpaired) electrons. The van der Waals surface area contributed by atoms with Crippen LogP contribution in [0.25, 0.3) is 0 Å². The zero-order valence-electron chi connectivity index (χ0n) is 77.0. The summed E-state index contributed by atoms with van der Waals surface area (Å²) < 4.78 is 34.2. The Morgan fingerprint density at radius 2 is 0.432 bits per heavy atom. The van der Waals surface area contributed by atoms with Crippen molar-refractivity contribution >= 4 is 35.8 Å². The molecular formula is C102H180N4O12. The molecule has 1 aliphatic heterocycles. The lowest BCUT2D eigenvalue weighted by molar-refractivity contribution is -0.146. The molecule has 1 fully saturated rings. The van der Waals surface area contributed by atoms with E-state index in [2.05, 4.69) is 158 Å². The Bertz CT molecular complexity index is 2280. The molecule has 0 spiro atoms. The fourth-order valence-corrected chi connectivity index (χ4v) is 14.5. The highest BCUT2D eigenvalue weighted by Crippen LogP contribution is 2.18. The van der Waals surface area contributed by atoms with Crippen LogP contribution in [0.4, 0.5) is 0 Å². The van der Waals surface area contributed by atoms with Gasteiger partial charge in [0, 0.05) is 77.3 Å². The van der Waals surface area contributed by atoms with Gasteiger partial charge in [-0.1, -0.05) is 279 Å². The molecule has 0 amide bonds. The quantitative estimate of drug-likeness (QED) is 0.0244. The number of carbonyl (C=O) groups excluding carboxylic acids is 6. The van der Waals surface area contributed by atoms with Crippen LogP contribution in [0.5, 0.6) is 0 Å². The molecule has 0 aromatic rings. The van der Waals surface area contributed by atoms with Crippen LogP contribution in [0.3, 0.4) is 0 Å². The van der Waals surface area contributed by atoms with Crippen LogP contribution in [0, 0.1) is 0 Å². The number of nitrogens with zero attached hydrogens (tertiary/aromatic N) is 4. The molecule has 0 saturated carbocycles. The van der Waals surface area contributed by atoms with Crippen molar-refractivity contribution in [1.82, 2.24) is 19.6 Å². The van der Waals surface area contributed by atoms with E-state index in [9.17, 15) is 28.8 Å². The number of ether oxygens (including phenoxy) is 6. The van der Waals surface area contributed by atoms with Crippen molar-refractivity contribution in [3.8, 4) is 0 Å². The molecule has 2 atom stereocenters. The Balaban J connectivity index is 2.62. The van der Waals surface area contributed by atoms with Crippen molar-refractivity contribution in [2.45, 2.75) is 413 Å². The van der Waals surface area contributed by atoms with E-state index in [-0.39, 0.29) is 99.6 Å². The average molecular weight is 1650 g/mol. The molecule has 1 heterocycles. The van der Waals surface area contributed by atoms with Gasteiger partial charge in [0.2, 0.25) is 0 Å². The number of allylic oxidation sites excluding steroid dienone is 16. The highest BCUT2D eigenvalue weighted by Gasteiger charge is 2.29. The summed E-state index contributed by atoms with van der Waals surface area (Å²) in [6, 6.07) is 0.389. The van der Waals surface area contributed by atoms with Gasteiger partial charge in [0.05, 0.1) is 52.1 Å². The van der Waals surface area contributed by atoms with Gasteiger partial charge in [0.15, 0.2) is 0 Å². The van der Waals surface area contributed by atoms with Crippen LogP contribution >= 0.6 is 0 Å². The highest BCUT2D eigenvalue weighted by atomic mass is 16.6. The monoisotopic (exact) mass is 1650 g/mol. The van der Waals surface area contributed by atoms with E-state index in [0.29, 0.717) is 91.6 Å². The highest BCUT2D eigenvalue weighted by molar-refractivity contribution is 5.71. The molecule has 680 valence electrons. The summed E-state index contributed by atoms with van der Waals surface area (Å²) >= 11 is 0. The smallest absolute Gasteiger partial charge is 0.307 e. The van der Waals surface area contributed by atoms with Crippen LogP contribution in [0.1, 0.15) is 401 Å². The summed E-state index contributed by atoms with van der Waals surface area (Å²) in [5.41, 5.74) is 0. The van der Waals surface area contributed by atoms with Gasteiger partial charge in [0.25, 0.3) is 0 Å². The third kappa shape index (κ3) is 77.9. The third-order valence-corrected chi connectivity index (χ3v) is 22.2. The van der Waals surface area contributed by atoms with E-state index in [1.54, 1.807) is 0 Å². The zero-order valence-corrected chi connectivity index (χ0v) is 77.0. The van der Waals surface area contributed by atoms with Crippen molar-refractivity contribution in [1.29, 1.82) is 0 Å². The number of piperazine rings is 1. The van der Waals surface area contributed by atoms with Crippen molar-refractivity contribution in [2.75, 3.05) is 105 Å². The standard InChI is InChI=1S/C102H180N4O12/c1-7-11-15-19-23-27-31-35-39-43-47-51-55-59-63-67-87-113-99(109)75-81-103(82-76-100(110)114-88-68-64-60-56-52-48-44-40-36-32-28-24-20-16-12-8-2)79-71-73-97(107)117-91-85-105-93-96(6)106(94-95(105)5)86-92-118-98(108)74-72-80-104(83-77-101(111)115-89-69-65-61-57-53-49-45-41-37-33-29-25-21-17-13-9-3)84-78-102(112)116-90-70-66-62-58-54-50-46-42-38-34-30-26-22-18-14-10-4/h23-30,35-42,95-96H,7-22,31-34,43-94H2,1-6H3/b27-23-,28-24-,29-25-,30-26-,39-35-,40-36-,41-37-,42-38-. The Hall–Kier alpha value is -5.42. The number of hydrogen-bond donors (Lipinski definition) is 0. The van der Waals surface area contributed by atoms with Crippen molar-refractivity contribution in [3.05, 3.63) is 97.2 Å². The van der Waals surface area contributed by atoms with E-state index < -0.39 is 0 Å². The molecule has 0 bridgehead atoms. The van der Waals surface area contributed by atoms with E-state index in [4.69, 9.17) is 28.4 Å². The molecule has 1 aliphatic rings.